The highest BCUT2D eigenvalue weighted by Gasteiger charge is 2.27. The highest BCUT2D eigenvalue weighted by molar-refractivity contribution is 14.0. The lowest BCUT2D eigenvalue weighted by Crippen LogP contribution is -2.48. The Labute approximate surface area is 194 Å². The fourth-order valence-electron chi connectivity index (χ4n) is 3.40. The van der Waals surface area contributed by atoms with Crippen molar-refractivity contribution in [2.45, 2.75) is 58.5 Å². The van der Waals surface area contributed by atoms with Crippen molar-refractivity contribution in [3.8, 4) is 0 Å². The second kappa shape index (κ2) is 14.1. The first kappa shape index (κ1) is 27.0. The van der Waals surface area contributed by atoms with Crippen molar-refractivity contribution < 1.29 is 17.9 Å². The minimum absolute atomic E-state index is 0. The molecule has 172 valence electrons. The van der Waals surface area contributed by atoms with Gasteiger partial charge in [0, 0.05) is 25.7 Å². The molecule has 1 aliphatic heterocycles. The number of nitrogens with zero attached hydrogens (tertiary/aromatic N) is 2. The summed E-state index contributed by atoms with van der Waals surface area (Å²) in [7, 11) is 0. The van der Waals surface area contributed by atoms with Gasteiger partial charge >= 0.3 is 6.18 Å². The second-order valence-corrected chi connectivity index (χ2v) is 7.38. The van der Waals surface area contributed by atoms with Gasteiger partial charge in [0.1, 0.15) is 6.61 Å². The SMILES string of the molecule is CCCN1CCC(NC(=NCc2cccc(COCC(F)(F)F)c2)NCC)CC1.I. The lowest BCUT2D eigenvalue weighted by molar-refractivity contribution is -0.176. The highest BCUT2D eigenvalue weighted by atomic mass is 127. The monoisotopic (exact) mass is 542 g/mol. The van der Waals surface area contributed by atoms with Gasteiger partial charge in [-0.1, -0.05) is 31.2 Å². The number of nitrogens with one attached hydrogen (secondary N) is 2. The zero-order chi connectivity index (χ0) is 21.1. The first-order valence-electron chi connectivity index (χ1n) is 10.4. The van der Waals surface area contributed by atoms with Crippen LogP contribution in [0.25, 0.3) is 0 Å². The quantitative estimate of drug-likeness (QED) is 0.278. The van der Waals surface area contributed by atoms with E-state index in [9.17, 15) is 13.2 Å². The molecule has 1 heterocycles. The van der Waals surface area contributed by atoms with Crippen LogP contribution in [-0.2, 0) is 17.9 Å². The lowest BCUT2D eigenvalue weighted by Gasteiger charge is -2.32. The molecule has 0 bridgehead atoms. The topological polar surface area (TPSA) is 48.9 Å². The van der Waals surface area contributed by atoms with Crippen LogP contribution in [0.1, 0.15) is 44.2 Å². The maximum absolute atomic E-state index is 12.2. The van der Waals surface area contributed by atoms with Gasteiger partial charge in [0.15, 0.2) is 5.96 Å². The minimum Gasteiger partial charge on any atom is -0.367 e. The molecule has 1 aliphatic rings. The number of halogens is 4. The molecule has 0 unspecified atom stereocenters. The van der Waals surface area contributed by atoms with Crippen molar-refractivity contribution in [3.63, 3.8) is 0 Å². The summed E-state index contributed by atoms with van der Waals surface area (Å²) < 4.78 is 41.4. The van der Waals surface area contributed by atoms with Gasteiger partial charge in [-0.2, -0.15) is 13.2 Å². The van der Waals surface area contributed by atoms with Gasteiger partial charge in [0.2, 0.25) is 0 Å². The van der Waals surface area contributed by atoms with Crippen molar-refractivity contribution >= 4 is 29.9 Å². The largest absolute Gasteiger partial charge is 0.411 e. The number of rotatable bonds is 9. The molecule has 2 N–H and O–H groups in total. The molecular formula is C21H34F3IN4O. The van der Waals surface area contributed by atoms with E-state index in [0.29, 0.717) is 18.2 Å². The van der Waals surface area contributed by atoms with Crippen LogP contribution in [0, 0.1) is 0 Å². The molecule has 0 radical (unpaired) electrons. The van der Waals surface area contributed by atoms with Gasteiger partial charge in [-0.3, -0.25) is 0 Å². The van der Waals surface area contributed by atoms with Crippen molar-refractivity contribution in [2.75, 3.05) is 32.8 Å². The van der Waals surface area contributed by atoms with Crippen LogP contribution in [0.3, 0.4) is 0 Å². The summed E-state index contributed by atoms with van der Waals surface area (Å²) >= 11 is 0. The average molecular weight is 542 g/mol. The van der Waals surface area contributed by atoms with Crippen molar-refractivity contribution in [1.29, 1.82) is 0 Å². The van der Waals surface area contributed by atoms with Crippen LogP contribution in [0.2, 0.25) is 0 Å². The number of ether oxygens (including phenoxy) is 1. The summed E-state index contributed by atoms with van der Waals surface area (Å²) in [6.45, 7) is 7.52. The number of guanidine groups is 1. The number of benzene rings is 1. The number of hydrogen-bond acceptors (Lipinski definition) is 3. The predicted octanol–water partition coefficient (Wildman–Crippen LogP) is 4.31. The molecule has 0 saturated carbocycles. The Bertz CT molecular complexity index is 635. The van der Waals surface area contributed by atoms with Crippen molar-refractivity contribution in [1.82, 2.24) is 15.5 Å². The van der Waals surface area contributed by atoms with Crippen LogP contribution in [0.5, 0.6) is 0 Å². The van der Waals surface area contributed by atoms with Gasteiger partial charge in [-0.05, 0) is 43.9 Å². The van der Waals surface area contributed by atoms with Gasteiger partial charge in [0.05, 0.1) is 13.2 Å². The van der Waals surface area contributed by atoms with Gasteiger partial charge in [0.25, 0.3) is 0 Å². The Hall–Kier alpha value is -1.07. The van der Waals surface area contributed by atoms with E-state index in [-0.39, 0.29) is 30.6 Å². The maximum Gasteiger partial charge on any atom is 0.411 e. The van der Waals surface area contributed by atoms with E-state index >= 15 is 0 Å². The van der Waals surface area contributed by atoms with Crippen LogP contribution >= 0.6 is 24.0 Å². The molecule has 0 spiro atoms. The van der Waals surface area contributed by atoms with Crippen molar-refractivity contribution in [2.24, 2.45) is 4.99 Å². The number of hydrogen-bond donors (Lipinski definition) is 2. The molecule has 2 rings (SSSR count). The van der Waals surface area contributed by atoms with E-state index in [1.807, 2.05) is 25.1 Å². The molecule has 0 amide bonds. The van der Waals surface area contributed by atoms with E-state index in [0.717, 1.165) is 50.5 Å². The third-order valence-electron chi connectivity index (χ3n) is 4.76. The van der Waals surface area contributed by atoms with Gasteiger partial charge < -0.3 is 20.3 Å². The number of aliphatic imine (C=N–C) groups is 1. The molecule has 9 heteroatoms. The van der Waals surface area contributed by atoms with Crippen molar-refractivity contribution in [3.05, 3.63) is 35.4 Å². The molecular weight excluding hydrogens is 508 g/mol. The summed E-state index contributed by atoms with van der Waals surface area (Å²) in [5.41, 5.74) is 1.65. The number of likely N-dealkylation sites (tertiary alicyclic amines) is 1. The summed E-state index contributed by atoms with van der Waals surface area (Å²) in [5, 5.41) is 6.80. The molecule has 1 aromatic rings. The Morgan fingerprint density at radius 3 is 2.53 bits per heavy atom. The summed E-state index contributed by atoms with van der Waals surface area (Å²) in [5.74, 6) is 0.778. The fraction of sp³-hybridized carbons (Fsp3) is 0.667. The molecule has 30 heavy (non-hydrogen) atoms. The third kappa shape index (κ3) is 10.8. The molecule has 1 saturated heterocycles. The highest BCUT2D eigenvalue weighted by Crippen LogP contribution is 2.16. The summed E-state index contributed by atoms with van der Waals surface area (Å²) in [4.78, 5) is 7.15. The van der Waals surface area contributed by atoms with Crippen LogP contribution in [0.4, 0.5) is 13.2 Å². The van der Waals surface area contributed by atoms with E-state index < -0.39 is 12.8 Å². The Morgan fingerprint density at radius 2 is 1.90 bits per heavy atom. The first-order valence-corrected chi connectivity index (χ1v) is 10.4. The zero-order valence-electron chi connectivity index (χ0n) is 17.8. The zero-order valence-corrected chi connectivity index (χ0v) is 20.1. The third-order valence-corrected chi connectivity index (χ3v) is 4.76. The Morgan fingerprint density at radius 1 is 1.20 bits per heavy atom. The molecule has 0 aromatic heterocycles. The summed E-state index contributed by atoms with van der Waals surface area (Å²) in [6, 6.07) is 7.75. The lowest BCUT2D eigenvalue weighted by atomic mass is 10.1. The first-order chi connectivity index (χ1) is 13.9. The number of alkyl halides is 3. The van der Waals surface area contributed by atoms with Crippen LogP contribution in [-0.4, -0.2) is 55.9 Å². The summed E-state index contributed by atoms with van der Waals surface area (Å²) in [6.07, 6.45) is -0.934. The molecule has 1 fully saturated rings. The molecule has 0 aliphatic carbocycles. The normalized spacial score (nSPS) is 16.2. The Balaban J connectivity index is 0.00000450. The van der Waals surface area contributed by atoms with Gasteiger partial charge in [-0.25, -0.2) is 4.99 Å². The molecule has 1 aromatic carbocycles. The smallest absolute Gasteiger partial charge is 0.367 e. The van der Waals surface area contributed by atoms with Crippen LogP contribution < -0.4 is 10.6 Å². The van der Waals surface area contributed by atoms with E-state index in [4.69, 9.17) is 4.74 Å². The maximum atomic E-state index is 12.2. The Kier molecular flexibility index (Phi) is 12.7. The van der Waals surface area contributed by atoms with Crippen LogP contribution in [0.15, 0.2) is 29.3 Å². The van der Waals surface area contributed by atoms with Gasteiger partial charge in [-0.15, -0.1) is 24.0 Å². The second-order valence-electron chi connectivity index (χ2n) is 7.38. The van der Waals surface area contributed by atoms with E-state index in [1.165, 1.54) is 6.42 Å². The molecule has 5 nitrogen and oxygen atoms in total. The average Bonchev–Trinajstić information content (AvgIpc) is 2.67. The van der Waals surface area contributed by atoms with E-state index in [1.54, 1.807) is 6.07 Å². The standard InChI is InChI=1S/C21H33F3N4O.HI/c1-3-10-28-11-8-19(9-12-28)27-20(25-4-2)26-14-17-6-5-7-18(13-17)15-29-16-21(22,23)24;/h5-7,13,19H,3-4,8-12,14-16H2,1-2H3,(H2,25,26,27);1H. The minimum atomic E-state index is -4.30. The fourth-order valence-corrected chi connectivity index (χ4v) is 3.40. The number of piperidine rings is 1. The van der Waals surface area contributed by atoms with E-state index in [2.05, 4.69) is 27.4 Å². The molecule has 0 atom stereocenters. The predicted molar refractivity (Wildman–Crippen MR) is 125 cm³/mol.